The monoisotopic (exact) mass is 289 g/mol. The van der Waals surface area contributed by atoms with E-state index in [-0.39, 0.29) is 5.56 Å². The summed E-state index contributed by atoms with van der Waals surface area (Å²) in [7, 11) is 0. The number of nitrogens with zero attached hydrogens (tertiary/aromatic N) is 1. The number of carboxylic acids is 1. The molecule has 0 aliphatic heterocycles. The Morgan fingerprint density at radius 3 is 2.69 bits per heavy atom. The summed E-state index contributed by atoms with van der Waals surface area (Å²) < 4.78 is 0. The summed E-state index contributed by atoms with van der Waals surface area (Å²) in [6, 6.07) is 1.30. The average molecular weight is 290 g/mol. The van der Waals surface area contributed by atoms with Crippen LogP contribution in [0.4, 0.5) is 0 Å². The fraction of sp³-hybridized carbons (Fsp3) is 0.400. The molecule has 16 heavy (non-hydrogen) atoms. The van der Waals surface area contributed by atoms with Gasteiger partial charge in [0.05, 0.1) is 11.7 Å². The predicted molar refractivity (Wildman–Crippen MR) is 60.6 cm³/mol. The van der Waals surface area contributed by atoms with Crippen LogP contribution in [0, 0.1) is 0 Å². The number of aromatic carboxylic acids is 1. The molecule has 0 amide bonds. The smallest absolute Gasteiger partial charge is 0.337 e. The molecule has 0 saturated carbocycles. The molecule has 0 aliphatic carbocycles. The number of halogens is 1. The normalized spacial score (nSPS) is 14.4. The molecule has 88 valence electrons. The molecule has 0 bridgehead atoms. The average Bonchev–Trinajstić information content (AvgIpc) is 2.28. The lowest BCUT2D eigenvalue weighted by molar-refractivity contribution is 0.0171. The lowest BCUT2D eigenvalue weighted by Crippen LogP contribution is -2.19. The highest BCUT2D eigenvalue weighted by Gasteiger charge is 2.19. The molecular formula is C10H12BrNO4. The summed E-state index contributed by atoms with van der Waals surface area (Å²) in [6.45, 7) is 0. The van der Waals surface area contributed by atoms with E-state index in [9.17, 15) is 15.0 Å². The Kier molecular flexibility index (Phi) is 4.85. The molecule has 1 aromatic rings. The number of hydrogen-bond donors (Lipinski definition) is 3. The van der Waals surface area contributed by atoms with Gasteiger partial charge in [0.1, 0.15) is 6.10 Å². The van der Waals surface area contributed by atoms with Crippen molar-refractivity contribution >= 4 is 21.9 Å². The minimum Gasteiger partial charge on any atom is -0.478 e. The lowest BCUT2D eigenvalue weighted by Gasteiger charge is -2.16. The van der Waals surface area contributed by atoms with Gasteiger partial charge in [-0.15, -0.1) is 0 Å². The number of hydrogen-bond acceptors (Lipinski definition) is 4. The zero-order valence-corrected chi connectivity index (χ0v) is 9.96. The van der Waals surface area contributed by atoms with E-state index in [1.165, 1.54) is 18.5 Å². The van der Waals surface area contributed by atoms with Crippen molar-refractivity contribution in [2.75, 3.05) is 5.33 Å². The van der Waals surface area contributed by atoms with Crippen LogP contribution >= 0.6 is 15.9 Å². The maximum atomic E-state index is 10.7. The predicted octanol–water partition coefficient (Wildman–Crippen LogP) is 0.959. The van der Waals surface area contributed by atoms with Crippen molar-refractivity contribution in [1.29, 1.82) is 0 Å². The molecule has 0 fully saturated rings. The van der Waals surface area contributed by atoms with Gasteiger partial charge in [-0.25, -0.2) is 4.79 Å². The number of pyridine rings is 1. The maximum absolute atomic E-state index is 10.7. The Balaban J connectivity index is 2.86. The van der Waals surface area contributed by atoms with Gasteiger partial charge in [-0.3, -0.25) is 4.98 Å². The van der Waals surface area contributed by atoms with E-state index in [2.05, 4.69) is 20.9 Å². The van der Waals surface area contributed by atoms with Crippen molar-refractivity contribution in [3.05, 3.63) is 29.6 Å². The van der Waals surface area contributed by atoms with Gasteiger partial charge < -0.3 is 15.3 Å². The van der Waals surface area contributed by atoms with Crippen molar-refractivity contribution in [2.24, 2.45) is 0 Å². The minimum absolute atomic E-state index is 0.0115. The molecule has 1 heterocycles. The number of aliphatic hydroxyl groups is 2. The fourth-order valence-corrected chi connectivity index (χ4v) is 1.70. The van der Waals surface area contributed by atoms with Crippen LogP contribution in [-0.4, -0.2) is 37.7 Å². The Bertz CT molecular complexity index is 372. The third-order valence-corrected chi connectivity index (χ3v) is 2.58. The van der Waals surface area contributed by atoms with E-state index < -0.39 is 18.2 Å². The molecule has 1 aromatic heterocycles. The van der Waals surface area contributed by atoms with E-state index >= 15 is 0 Å². The van der Waals surface area contributed by atoms with E-state index in [1.807, 2.05) is 0 Å². The van der Waals surface area contributed by atoms with E-state index in [0.717, 1.165) is 0 Å². The maximum Gasteiger partial charge on any atom is 0.337 e. The molecule has 0 saturated heterocycles. The van der Waals surface area contributed by atoms with Crippen molar-refractivity contribution in [2.45, 2.75) is 18.6 Å². The molecule has 2 unspecified atom stereocenters. The van der Waals surface area contributed by atoms with Crippen molar-refractivity contribution in [3.63, 3.8) is 0 Å². The van der Waals surface area contributed by atoms with Crippen LogP contribution in [0.1, 0.15) is 28.4 Å². The number of aliphatic hydroxyl groups excluding tert-OH is 2. The van der Waals surface area contributed by atoms with Crippen molar-refractivity contribution in [3.8, 4) is 0 Å². The number of rotatable bonds is 5. The second-order valence-electron chi connectivity index (χ2n) is 3.30. The first-order valence-electron chi connectivity index (χ1n) is 4.66. The first kappa shape index (κ1) is 13.1. The van der Waals surface area contributed by atoms with E-state index in [0.29, 0.717) is 17.3 Å². The Morgan fingerprint density at radius 1 is 1.44 bits per heavy atom. The largest absolute Gasteiger partial charge is 0.478 e. The van der Waals surface area contributed by atoms with Crippen molar-refractivity contribution < 1.29 is 20.1 Å². The Labute approximate surface area is 101 Å². The molecule has 6 heteroatoms. The van der Waals surface area contributed by atoms with Crippen LogP contribution in [0.2, 0.25) is 0 Å². The zero-order valence-electron chi connectivity index (χ0n) is 8.38. The van der Waals surface area contributed by atoms with Crippen LogP contribution < -0.4 is 0 Å². The number of aromatic nitrogens is 1. The van der Waals surface area contributed by atoms with Gasteiger partial charge in [0, 0.05) is 23.3 Å². The van der Waals surface area contributed by atoms with E-state index in [1.54, 1.807) is 0 Å². The second-order valence-corrected chi connectivity index (χ2v) is 4.09. The standard InChI is InChI=1S/C10H12BrNO4/c11-2-1-8(13)9(14)6-3-7(10(15)16)5-12-4-6/h3-5,8-9,13-14H,1-2H2,(H,15,16). The number of alkyl halides is 1. The Morgan fingerprint density at radius 2 is 2.12 bits per heavy atom. The summed E-state index contributed by atoms with van der Waals surface area (Å²) in [4.78, 5) is 14.4. The number of carbonyl (C=O) groups is 1. The summed E-state index contributed by atoms with van der Waals surface area (Å²) in [5.41, 5.74) is 0.288. The highest BCUT2D eigenvalue weighted by atomic mass is 79.9. The summed E-state index contributed by atoms with van der Waals surface area (Å²) in [5.74, 6) is -1.11. The summed E-state index contributed by atoms with van der Waals surface area (Å²) in [5, 5.41) is 28.6. The summed E-state index contributed by atoms with van der Waals surface area (Å²) in [6.07, 6.45) is 0.845. The topological polar surface area (TPSA) is 90.7 Å². The molecular weight excluding hydrogens is 278 g/mol. The molecule has 0 radical (unpaired) electrons. The van der Waals surface area contributed by atoms with Gasteiger partial charge in [-0.05, 0) is 12.5 Å². The van der Waals surface area contributed by atoms with Gasteiger partial charge in [0.15, 0.2) is 0 Å². The molecule has 0 aromatic carbocycles. The number of carboxylic acid groups (broad SMARTS) is 1. The lowest BCUT2D eigenvalue weighted by atomic mass is 10.0. The van der Waals surface area contributed by atoms with Gasteiger partial charge in [-0.2, -0.15) is 0 Å². The zero-order chi connectivity index (χ0) is 12.1. The van der Waals surface area contributed by atoms with Crippen LogP contribution in [-0.2, 0) is 0 Å². The highest BCUT2D eigenvalue weighted by molar-refractivity contribution is 9.09. The first-order chi connectivity index (χ1) is 7.56. The van der Waals surface area contributed by atoms with Crippen LogP contribution in [0.15, 0.2) is 18.5 Å². The summed E-state index contributed by atoms with van der Waals surface area (Å²) >= 11 is 3.15. The third kappa shape index (κ3) is 3.26. The second kappa shape index (κ2) is 5.93. The van der Waals surface area contributed by atoms with Crippen LogP contribution in [0.3, 0.4) is 0 Å². The molecule has 5 nitrogen and oxygen atoms in total. The fourth-order valence-electron chi connectivity index (χ4n) is 1.23. The van der Waals surface area contributed by atoms with Crippen LogP contribution in [0.5, 0.6) is 0 Å². The van der Waals surface area contributed by atoms with Crippen molar-refractivity contribution in [1.82, 2.24) is 4.98 Å². The molecule has 0 spiro atoms. The molecule has 2 atom stereocenters. The highest BCUT2D eigenvalue weighted by Crippen LogP contribution is 2.19. The third-order valence-electron chi connectivity index (χ3n) is 2.12. The van der Waals surface area contributed by atoms with Gasteiger partial charge in [0.2, 0.25) is 0 Å². The van der Waals surface area contributed by atoms with Gasteiger partial charge in [-0.1, -0.05) is 15.9 Å². The van der Waals surface area contributed by atoms with Crippen LogP contribution in [0.25, 0.3) is 0 Å². The molecule has 0 aliphatic rings. The minimum atomic E-state index is -1.12. The van der Waals surface area contributed by atoms with E-state index in [4.69, 9.17) is 5.11 Å². The van der Waals surface area contributed by atoms with Gasteiger partial charge >= 0.3 is 5.97 Å². The molecule has 1 rings (SSSR count). The first-order valence-corrected chi connectivity index (χ1v) is 5.78. The molecule has 3 N–H and O–H groups in total. The van der Waals surface area contributed by atoms with Gasteiger partial charge in [0.25, 0.3) is 0 Å². The quantitative estimate of drug-likeness (QED) is 0.703. The SMILES string of the molecule is O=C(O)c1cncc(C(O)C(O)CCBr)c1. The Hall–Kier alpha value is -0.980.